The molecule has 0 fully saturated rings. The fraction of sp³-hybridized carbons (Fsp3) is 0.294. The maximum absolute atomic E-state index is 9.65. The Balaban J connectivity index is 1.95. The number of aromatic amines is 1. The lowest BCUT2D eigenvalue weighted by molar-refractivity contribution is 0.171. The van der Waals surface area contributed by atoms with Gasteiger partial charge in [0.25, 0.3) is 0 Å². The summed E-state index contributed by atoms with van der Waals surface area (Å²) in [6.07, 6.45) is 0.711. The van der Waals surface area contributed by atoms with Crippen LogP contribution in [0.3, 0.4) is 0 Å². The Kier molecular flexibility index (Phi) is 3.42. The van der Waals surface area contributed by atoms with Crippen LogP contribution >= 0.6 is 0 Å². The first-order valence-electron chi connectivity index (χ1n) is 7.80. The second kappa shape index (κ2) is 5.63. The van der Waals surface area contributed by atoms with Crippen LogP contribution in [0.4, 0.5) is 0 Å². The molecule has 0 spiro atoms. The van der Waals surface area contributed by atoms with Gasteiger partial charge in [-0.1, -0.05) is 6.92 Å². The van der Waals surface area contributed by atoms with Crippen LogP contribution in [0.25, 0.3) is 0 Å². The first-order valence-corrected chi connectivity index (χ1v) is 7.80. The Labute approximate surface area is 143 Å². The van der Waals surface area contributed by atoms with E-state index in [2.05, 4.69) is 16.3 Å². The van der Waals surface area contributed by atoms with Crippen molar-refractivity contribution in [2.45, 2.75) is 19.3 Å². The zero-order valence-corrected chi connectivity index (χ0v) is 13.8. The van der Waals surface area contributed by atoms with Gasteiger partial charge in [0.15, 0.2) is 11.5 Å². The molecule has 8 nitrogen and oxygen atoms in total. The lowest BCUT2D eigenvalue weighted by atomic mass is 9.83. The third kappa shape index (κ3) is 2.16. The average molecular weight is 340 g/mol. The molecule has 25 heavy (non-hydrogen) atoms. The Morgan fingerprint density at radius 2 is 2.28 bits per heavy atom. The van der Waals surface area contributed by atoms with Gasteiger partial charge in [-0.15, -0.1) is 5.10 Å². The fourth-order valence-electron chi connectivity index (χ4n) is 3.23. The molecule has 0 amide bonds. The summed E-state index contributed by atoms with van der Waals surface area (Å²) in [6, 6.07) is 5.82. The Morgan fingerprint density at radius 1 is 1.44 bits per heavy atom. The SMILES string of the molecule is CCc1[nH]nc2c1C(c1cc(OC)c3c(c1)OCO3)C(C#N)=C(N)O2. The van der Waals surface area contributed by atoms with Crippen molar-refractivity contribution in [2.24, 2.45) is 5.73 Å². The number of aryl methyl sites for hydroxylation is 1. The van der Waals surface area contributed by atoms with Gasteiger partial charge in [-0.25, -0.2) is 0 Å². The summed E-state index contributed by atoms with van der Waals surface area (Å²) in [5.74, 6) is 1.67. The molecule has 8 heteroatoms. The van der Waals surface area contributed by atoms with E-state index in [-0.39, 0.29) is 12.7 Å². The number of hydrogen-bond donors (Lipinski definition) is 2. The third-order valence-electron chi connectivity index (χ3n) is 4.39. The van der Waals surface area contributed by atoms with Gasteiger partial charge in [-0.2, -0.15) is 5.26 Å². The summed E-state index contributed by atoms with van der Waals surface area (Å²) < 4.78 is 21.9. The highest BCUT2D eigenvalue weighted by Crippen LogP contribution is 2.48. The maximum atomic E-state index is 9.65. The largest absolute Gasteiger partial charge is 0.493 e. The van der Waals surface area contributed by atoms with Crippen molar-refractivity contribution >= 4 is 0 Å². The van der Waals surface area contributed by atoms with E-state index in [9.17, 15) is 5.26 Å². The van der Waals surface area contributed by atoms with E-state index < -0.39 is 5.92 Å². The summed E-state index contributed by atoms with van der Waals surface area (Å²) in [5.41, 5.74) is 8.76. The number of aromatic nitrogens is 2. The van der Waals surface area contributed by atoms with Crippen LogP contribution in [-0.4, -0.2) is 24.1 Å². The molecular formula is C17H16N4O4. The van der Waals surface area contributed by atoms with Crippen molar-refractivity contribution in [3.8, 4) is 29.2 Å². The number of H-pyrrole nitrogens is 1. The van der Waals surface area contributed by atoms with E-state index in [0.29, 0.717) is 35.1 Å². The first-order chi connectivity index (χ1) is 12.2. The van der Waals surface area contributed by atoms with Crippen molar-refractivity contribution < 1.29 is 18.9 Å². The summed E-state index contributed by atoms with van der Waals surface area (Å²) in [7, 11) is 1.56. The van der Waals surface area contributed by atoms with Crippen molar-refractivity contribution in [2.75, 3.05) is 13.9 Å². The minimum absolute atomic E-state index is 0.0470. The Morgan fingerprint density at radius 3 is 3.00 bits per heavy atom. The van der Waals surface area contributed by atoms with Crippen LogP contribution in [-0.2, 0) is 6.42 Å². The minimum atomic E-state index is -0.425. The van der Waals surface area contributed by atoms with Crippen LogP contribution in [0.5, 0.6) is 23.1 Å². The van der Waals surface area contributed by atoms with Gasteiger partial charge < -0.3 is 24.7 Å². The van der Waals surface area contributed by atoms with Gasteiger partial charge in [0, 0.05) is 11.3 Å². The number of allylic oxidation sites excluding steroid dienone is 1. The summed E-state index contributed by atoms with van der Waals surface area (Å²) in [5, 5.41) is 16.8. The molecule has 0 saturated carbocycles. The van der Waals surface area contributed by atoms with Gasteiger partial charge >= 0.3 is 0 Å². The molecule has 3 heterocycles. The minimum Gasteiger partial charge on any atom is -0.493 e. The van der Waals surface area contributed by atoms with Crippen LogP contribution < -0.4 is 24.7 Å². The summed E-state index contributed by atoms with van der Waals surface area (Å²) in [6.45, 7) is 2.13. The van der Waals surface area contributed by atoms with Crippen LogP contribution in [0.1, 0.15) is 29.7 Å². The van der Waals surface area contributed by atoms with Crippen LogP contribution in [0, 0.1) is 11.3 Å². The maximum Gasteiger partial charge on any atom is 0.244 e. The lowest BCUT2D eigenvalue weighted by Crippen LogP contribution is -2.21. The van der Waals surface area contributed by atoms with E-state index in [1.54, 1.807) is 7.11 Å². The molecule has 0 bridgehead atoms. The molecule has 4 rings (SSSR count). The van der Waals surface area contributed by atoms with E-state index in [4.69, 9.17) is 24.7 Å². The number of hydrogen-bond acceptors (Lipinski definition) is 7. The molecule has 1 aromatic carbocycles. The summed E-state index contributed by atoms with van der Waals surface area (Å²) in [4.78, 5) is 0. The smallest absolute Gasteiger partial charge is 0.244 e. The predicted molar refractivity (Wildman–Crippen MR) is 86.4 cm³/mol. The van der Waals surface area contributed by atoms with Crippen molar-refractivity contribution in [1.82, 2.24) is 10.2 Å². The van der Waals surface area contributed by atoms with Gasteiger partial charge in [-0.05, 0) is 24.1 Å². The molecule has 2 aliphatic heterocycles. The normalized spacial score (nSPS) is 17.7. The summed E-state index contributed by atoms with van der Waals surface area (Å²) >= 11 is 0. The molecule has 1 atom stereocenters. The van der Waals surface area contributed by atoms with Crippen molar-refractivity contribution in [1.29, 1.82) is 5.26 Å². The number of rotatable bonds is 3. The van der Waals surface area contributed by atoms with E-state index in [1.165, 1.54) is 0 Å². The molecule has 2 aromatic rings. The zero-order chi connectivity index (χ0) is 17.6. The van der Waals surface area contributed by atoms with Gasteiger partial charge in [-0.3, -0.25) is 5.10 Å². The molecule has 1 unspecified atom stereocenters. The van der Waals surface area contributed by atoms with Crippen LogP contribution in [0.2, 0.25) is 0 Å². The second-order valence-electron chi connectivity index (χ2n) is 5.66. The highest BCUT2D eigenvalue weighted by molar-refractivity contribution is 5.61. The number of nitrogens with one attached hydrogen (secondary N) is 1. The highest BCUT2D eigenvalue weighted by Gasteiger charge is 2.36. The topological polar surface area (TPSA) is 115 Å². The number of methoxy groups -OCH3 is 1. The molecule has 0 saturated heterocycles. The van der Waals surface area contributed by atoms with E-state index >= 15 is 0 Å². The molecule has 3 N–H and O–H groups in total. The molecule has 1 aromatic heterocycles. The second-order valence-corrected chi connectivity index (χ2v) is 5.66. The molecule has 128 valence electrons. The van der Waals surface area contributed by atoms with Gasteiger partial charge in [0.05, 0.1) is 13.0 Å². The van der Waals surface area contributed by atoms with Crippen LogP contribution in [0.15, 0.2) is 23.6 Å². The average Bonchev–Trinajstić information content (AvgIpc) is 3.25. The monoisotopic (exact) mass is 340 g/mol. The lowest BCUT2D eigenvalue weighted by Gasteiger charge is -2.24. The fourth-order valence-corrected chi connectivity index (χ4v) is 3.23. The molecule has 0 radical (unpaired) electrons. The first kappa shape index (κ1) is 15.2. The number of ether oxygens (including phenoxy) is 4. The predicted octanol–water partition coefficient (Wildman–Crippen LogP) is 1.93. The Bertz CT molecular complexity index is 925. The Hall–Kier alpha value is -3.34. The molecule has 2 aliphatic rings. The van der Waals surface area contributed by atoms with Crippen molar-refractivity contribution in [3.05, 3.63) is 40.4 Å². The standard InChI is InChI=1S/C17H16N4O4/c1-3-10-14-13(9(6-18)16(19)25-17(14)21-20-10)8-4-11(22-2)15-12(5-8)23-7-24-15/h4-5,13H,3,7,19H2,1-2H3,(H,20,21). The van der Waals surface area contributed by atoms with E-state index in [1.807, 2.05) is 19.1 Å². The molecular weight excluding hydrogens is 324 g/mol. The number of nitrogens with zero attached hydrogens (tertiary/aromatic N) is 2. The molecule has 0 aliphatic carbocycles. The third-order valence-corrected chi connectivity index (χ3v) is 4.39. The van der Waals surface area contributed by atoms with E-state index in [0.717, 1.165) is 16.8 Å². The van der Waals surface area contributed by atoms with Gasteiger partial charge in [0.2, 0.25) is 24.3 Å². The number of nitriles is 1. The zero-order valence-electron chi connectivity index (χ0n) is 13.8. The number of nitrogens with two attached hydrogens (primary N) is 1. The number of benzene rings is 1. The van der Waals surface area contributed by atoms with Gasteiger partial charge in [0.1, 0.15) is 11.6 Å². The quantitative estimate of drug-likeness (QED) is 0.877. The highest BCUT2D eigenvalue weighted by atomic mass is 16.7. The van der Waals surface area contributed by atoms with Crippen molar-refractivity contribution in [3.63, 3.8) is 0 Å². The number of fused-ring (bicyclic) bond motifs is 2.